The molecule has 1 aromatic carbocycles. The van der Waals surface area contributed by atoms with Crippen molar-refractivity contribution in [1.82, 2.24) is 9.62 Å². The lowest BCUT2D eigenvalue weighted by Crippen LogP contribution is -2.39. The number of benzene rings is 1. The summed E-state index contributed by atoms with van der Waals surface area (Å²) >= 11 is 1.60. The van der Waals surface area contributed by atoms with E-state index in [0.717, 1.165) is 15.5 Å². The number of nitrogens with zero attached hydrogens (tertiary/aromatic N) is 1. The number of aliphatic hydroxyl groups is 1. The third-order valence-electron chi connectivity index (χ3n) is 2.93. The number of hydrogen-bond acceptors (Lipinski definition) is 5. The van der Waals surface area contributed by atoms with Gasteiger partial charge in [-0.3, -0.25) is 4.79 Å². The molecule has 1 rings (SSSR count). The van der Waals surface area contributed by atoms with Crippen LogP contribution in [0.2, 0.25) is 0 Å². The Kier molecular flexibility index (Phi) is 6.66. The summed E-state index contributed by atoms with van der Waals surface area (Å²) in [5, 5.41) is 12.5. The number of aliphatic hydroxyl groups excluding tert-OH is 1. The number of amides is 1. The van der Waals surface area contributed by atoms with Crippen LogP contribution in [0.15, 0.2) is 29.2 Å². The Hall–Kier alpha value is -1.09. The number of carbonyl (C=O) groups is 1. The van der Waals surface area contributed by atoms with Crippen LogP contribution in [0.1, 0.15) is 11.7 Å². The molecule has 0 saturated carbocycles. The summed E-state index contributed by atoms with van der Waals surface area (Å²) in [6.07, 6.45) is 2.17. The zero-order valence-electron chi connectivity index (χ0n) is 12.2. The van der Waals surface area contributed by atoms with Crippen LogP contribution in [0.5, 0.6) is 0 Å². The molecular formula is C13H20N2O4S2. The van der Waals surface area contributed by atoms with Crippen LogP contribution in [0.4, 0.5) is 0 Å². The van der Waals surface area contributed by atoms with Crippen LogP contribution < -0.4 is 5.32 Å². The van der Waals surface area contributed by atoms with Gasteiger partial charge >= 0.3 is 0 Å². The maximum absolute atomic E-state index is 11.6. The molecule has 0 bridgehead atoms. The van der Waals surface area contributed by atoms with E-state index in [-0.39, 0.29) is 13.1 Å². The Balaban J connectivity index is 2.48. The molecule has 0 saturated heterocycles. The molecule has 0 aliphatic heterocycles. The topological polar surface area (TPSA) is 86.7 Å². The van der Waals surface area contributed by atoms with Gasteiger partial charge < -0.3 is 10.4 Å². The molecule has 1 atom stereocenters. The highest BCUT2D eigenvalue weighted by Crippen LogP contribution is 2.18. The average Bonchev–Trinajstić information content (AvgIpc) is 2.43. The summed E-state index contributed by atoms with van der Waals surface area (Å²) in [6.45, 7) is -0.230. The maximum atomic E-state index is 11.6. The maximum Gasteiger partial charge on any atom is 0.235 e. The summed E-state index contributed by atoms with van der Waals surface area (Å²) in [5.74, 6) is -0.456. The Morgan fingerprint density at radius 3 is 2.43 bits per heavy atom. The van der Waals surface area contributed by atoms with Gasteiger partial charge in [-0.25, -0.2) is 8.42 Å². The fraction of sp³-hybridized carbons (Fsp3) is 0.462. The van der Waals surface area contributed by atoms with Crippen LogP contribution >= 0.6 is 11.8 Å². The molecule has 0 heterocycles. The van der Waals surface area contributed by atoms with Gasteiger partial charge in [0.15, 0.2) is 0 Å². The number of rotatable bonds is 7. The zero-order valence-corrected chi connectivity index (χ0v) is 13.9. The van der Waals surface area contributed by atoms with Crippen LogP contribution in [-0.4, -0.2) is 56.4 Å². The van der Waals surface area contributed by atoms with Crippen molar-refractivity contribution in [1.29, 1.82) is 0 Å². The molecular weight excluding hydrogens is 312 g/mol. The molecule has 1 unspecified atom stereocenters. The van der Waals surface area contributed by atoms with E-state index in [2.05, 4.69) is 5.32 Å². The van der Waals surface area contributed by atoms with Gasteiger partial charge in [0.05, 0.1) is 18.9 Å². The van der Waals surface area contributed by atoms with Gasteiger partial charge in [0.25, 0.3) is 0 Å². The highest BCUT2D eigenvalue weighted by Gasteiger charge is 2.16. The quantitative estimate of drug-likeness (QED) is 0.708. The first-order valence-corrected chi connectivity index (χ1v) is 9.31. The molecule has 118 valence electrons. The zero-order chi connectivity index (χ0) is 16.0. The second kappa shape index (κ2) is 7.79. The molecule has 2 N–H and O–H groups in total. The predicted molar refractivity (Wildman–Crippen MR) is 83.7 cm³/mol. The van der Waals surface area contributed by atoms with Gasteiger partial charge in [-0.1, -0.05) is 12.1 Å². The monoisotopic (exact) mass is 332 g/mol. The molecule has 0 radical (unpaired) electrons. The van der Waals surface area contributed by atoms with Gasteiger partial charge in [0.2, 0.25) is 15.9 Å². The van der Waals surface area contributed by atoms with E-state index in [0.29, 0.717) is 5.56 Å². The smallest absolute Gasteiger partial charge is 0.235 e. The van der Waals surface area contributed by atoms with Crippen molar-refractivity contribution in [2.75, 3.05) is 32.6 Å². The average molecular weight is 332 g/mol. The number of hydrogen-bond donors (Lipinski definition) is 2. The van der Waals surface area contributed by atoms with Crippen LogP contribution in [0.25, 0.3) is 0 Å². The van der Waals surface area contributed by atoms with Crippen molar-refractivity contribution >= 4 is 27.7 Å². The van der Waals surface area contributed by atoms with Crippen molar-refractivity contribution in [3.05, 3.63) is 29.8 Å². The van der Waals surface area contributed by atoms with Gasteiger partial charge in [-0.05, 0) is 24.0 Å². The SMILES string of the molecule is CSc1ccc(C(O)CNC(=O)CN(C)S(C)(=O)=O)cc1. The lowest BCUT2D eigenvalue weighted by molar-refractivity contribution is -0.121. The molecule has 6 nitrogen and oxygen atoms in total. The lowest BCUT2D eigenvalue weighted by atomic mass is 10.1. The molecule has 0 aromatic heterocycles. The largest absolute Gasteiger partial charge is 0.387 e. The third kappa shape index (κ3) is 6.04. The van der Waals surface area contributed by atoms with Crippen molar-refractivity contribution in [2.24, 2.45) is 0 Å². The standard InChI is InChI=1S/C13H20N2O4S2/c1-15(21(3,18)19)9-13(17)14-8-12(16)10-4-6-11(20-2)7-5-10/h4-7,12,16H,8-9H2,1-3H3,(H,14,17). The Morgan fingerprint density at radius 1 is 1.38 bits per heavy atom. The minimum absolute atomic E-state index is 0.0368. The summed E-state index contributed by atoms with van der Waals surface area (Å²) in [5.41, 5.74) is 0.699. The fourth-order valence-electron chi connectivity index (χ4n) is 1.53. The number of likely N-dealkylation sites (N-methyl/N-ethyl adjacent to an activating group) is 1. The first-order valence-electron chi connectivity index (χ1n) is 6.24. The molecule has 0 aliphatic carbocycles. The third-order valence-corrected chi connectivity index (χ3v) is 4.93. The number of carbonyl (C=O) groups excluding carboxylic acids is 1. The molecule has 21 heavy (non-hydrogen) atoms. The first-order chi connectivity index (χ1) is 9.74. The van der Waals surface area contributed by atoms with Gasteiger partial charge in [-0.15, -0.1) is 11.8 Å². The summed E-state index contributed by atoms with van der Waals surface area (Å²) in [4.78, 5) is 12.7. The highest BCUT2D eigenvalue weighted by atomic mass is 32.2. The molecule has 1 amide bonds. The van der Waals surface area contributed by atoms with Crippen LogP contribution in [0.3, 0.4) is 0 Å². The number of thioether (sulfide) groups is 1. The number of nitrogens with one attached hydrogen (secondary N) is 1. The Bertz CT molecular complexity index is 572. The van der Waals surface area contributed by atoms with Crippen molar-refractivity contribution in [2.45, 2.75) is 11.0 Å². The van der Waals surface area contributed by atoms with Gasteiger partial charge in [0, 0.05) is 18.5 Å². The van der Waals surface area contributed by atoms with E-state index in [1.807, 2.05) is 18.4 Å². The minimum Gasteiger partial charge on any atom is -0.387 e. The molecule has 0 aliphatic rings. The van der Waals surface area contributed by atoms with E-state index < -0.39 is 22.0 Å². The Labute approximate surface area is 129 Å². The van der Waals surface area contributed by atoms with Crippen molar-refractivity contribution in [3.63, 3.8) is 0 Å². The van der Waals surface area contributed by atoms with E-state index in [9.17, 15) is 18.3 Å². The second-order valence-corrected chi connectivity index (χ2v) is 7.58. The van der Waals surface area contributed by atoms with Gasteiger partial charge in [0.1, 0.15) is 0 Å². The normalized spacial score (nSPS) is 13.2. The fourth-order valence-corrected chi connectivity index (χ4v) is 2.29. The number of sulfonamides is 1. The molecule has 0 fully saturated rings. The van der Waals surface area contributed by atoms with Crippen LogP contribution in [-0.2, 0) is 14.8 Å². The van der Waals surface area contributed by atoms with Crippen LogP contribution in [0, 0.1) is 0 Å². The lowest BCUT2D eigenvalue weighted by Gasteiger charge is -2.16. The van der Waals surface area contributed by atoms with Gasteiger partial charge in [-0.2, -0.15) is 4.31 Å². The highest BCUT2D eigenvalue weighted by molar-refractivity contribution is 7.98. The molecule has 0 spiro atoms. The predicted octanol–water partition coefficient (Wildman–Crippen LogP) is 0.450. The summed E-state index contributed by atoms with van der Waals surface area (Å²) < 4.78 is 23.3. The molecule has 8 heteroatoms. The molecule has 1 aromatic rings. The summed E-state index contributed by atoms with van der Waals surface area (Å²) in [6, 6.07) is 7.38. The Morgan fingerprint density at radius 2 is 1.95 bits per heavy atom. The van der Waals surface area contributed by atoms with E-state index in [4.69, 9.17) is 0 Å². The van der Waals surface area contributed by atoms with E-state index >= 15 is 0 Å². The first kappa shape index (κ1) is 18.0. The second-order valence-electron chi connectivity index (χ2n) is 4.61. The van der Waals surface area contributed by atoms with Crippen molar-refractivity contribution in [3.8, 4) is 0 Å². The summed E-state index contributed by atoms with van der Waals surface area (Å²) in [7, 11) is -2.06. The minimum atomic E-state index is -3.39. The van der Waals surface area contributed by atoms with Crippen molar-refractivity contribution < 1.29 is 18.3 Å². The van der Waals surface area contributed by atoms with E-state index in [1.54, 1.807) is 23.9 Å². The van der Waals surface area contributed by atoms with E-state index in [1.165, 1.54) is 7.05 Å².